The zero-order valence-electron chi connectivity index (χ0n) is 10.1. The van der Waals surface area contributed by atoms with E-state index in [2.05, 4.69) is 0 Å². The number of ether oxygens (including phenoxy) is 1. The fourth-order valence-corrected chi connectivity index (χ4v) is 2.11. The Morgan fingerprint density at radius 3 is 2.88 bits per heavy atom. The van der Waals surface area contributed by atoms with Crippen molar-refractivity contribution in [2.45, 2.75) is 25.7 Å². The molecule has 1 aromatic carbocycles. The average Bonchev–Trinajstić information content (AvgIpc) is 3.12. The van der Waals surface area contributed by atoms with Crippen LogP contribution in [0.1, 0.15) is 24.8 Å². The van der Waals surface area contributed by atoms with Crippen molar-refractivity contribution in [2.24, 2.45) is 11.8 Å². The van der Waals surface area contributed by atoms with Gasteiger partial charge < -0.3 is 9.84 Å². The SMILES string of the molecule is COc1cccc(CC(CC2CC2)C(=O)O)c1. The number of aliphatic carboxylic acids is 1. The summed E-state index contributed by atoms with van der Waals surface area (Å²) in [7, 11) is 1.62. The van der Waals surface area contributed by atoms with Gasteiger partial charge in [-0.1, -0.05) is 25.0 Å². The first kappa shape index (κ1) is 12.0. The maximum atomic E-state index is 11.2. The molecule has 1 unspecified atom stereocenters. The molecule has 17 heavy (non-hydrogen) atoms. The minimum absolute atomic E-state index is 0.255. The van der Waals surface area contributed by atoms with Crippen LogP contribution < -0.4 is 4.74 Å². The lowest BCUT2D eigenvalue weighted by Crippen LogP contribution is -2.17. The summed E-state index contributed by atoms with van der Waals surface area (Å²) >= 11 is 0. The molecule has 0 radical (unpaired) electrons. The van der Waals surface area contributed by atoms with E-state index < -0.39 is 5.97 Å². The topological polar surface area (TPSA) is 46.5 Å². The van der Waals surface area contributed by atoms with E-state index in [-0.39, 0.29) is 5.92 Å². The Hall–Kier alpha value is -1.51. The van der Waals surface area contributed by atoms with Crippen LogP contribution >= 0.6 is 0 Å². The zero-order valence-corrected chi connectivity index (χ0v) is 10.1. The summed E-state index contributed by atoms with van der Waals surface area (Å²) in [5.74, 6) is 0.495. The van der Waals surface area contributed by atoms with Gasteiger partial charge in [-0.3, -0.25) is 4.79 Å². The normalized spacial score (nSPS) is 16.5. The Morgan fingerprint density at radius 2 is 2.29 bits per heavy atom. The second kappa shape index (κ2) is 5.21. The number of hydrogen-bond acceptors (Lipinski definition) is 2. The smallest absolute Gasteiger partial charge is 0.306 e. The van der Waals surface area contributed by atoms with E-state index in [1.165, 1.54) is 12.8 Å². The molecular weight excluding hydrogens is 216 g/mol. The molecule has 92 valence electrons. The highest BCUT2D eigenvalue weighted by Crippen LogP contribution is 2.36. The number of hydrogen-bond donors (Lipinski definition) is 1. The molecule has 1 atom stereocenters. The maximum absolute atomic E-state index is 11.2. The summed E-state index contributed by atoms with van der Waals surface area (Å²) in [4.78, 5) is 11.2. The van der Waals surface area contributed by atoms with E-state index in [1.54, 1.807) is 7.11 Å². The summed E-state index contributed by atoms with van der Waals surface area (Å²) in [6, 6.07) is 7.67. The van der Waals surface area contributed by atoms with Gasteiger partial charge in [0, 0.05) is 0 Å². The minimum Gasteiger partial charge on any atom is -0.497 e. The molecule has 1 aromatic rings. The Bertz CT molecular complexity index is 396. The predicted octanol–water partition coefficient (Wildman–Crippen LogP) is 2.74. The van der Waals surface area contributed by atoms with E-state index in [4.69, 9.17) is 4.74 Å². The first-order valence-corrected chi connectivity index (χ1v) is 6.04. The van der Waals surface area contributed by atoms with Crippen LogP contribution in [-0.4, -0.2) is 18.2 Å². The molecule has 0 saturated heterocycles. The van der Waals surface area contributed by atoms with Gasteiger partial charge >= 0.3 is 5.97 Å². The lowest BCUT2D eigenvalue weighted by atomic mass is 9.94. The highest BCUT2D eigenvalue weighted by molar-refractivity contribution is 5.70. The van der Waals surface area contributed by atoms with Crippen molar-refractivity contribution in [1.29, 1.82) is 0 Å². The summed E-state index contributed by atoms with van der Waals surface area (Å²) in [6.45, 7) is 0. The van der Waals surface area contributed by atoms with Crippen molar-refractivity contribution in [2.75, 3.05) is 7.11 Å². The monoisotopic (exact) mass is 234 g/mol. The summed E-state index contributed by atoms with van der Waals surface area (Å²) in [5, 5.41) is 9.21. The minimum atomic E-state index is -0.681. The van der Waals surface area contributed by atoms with Crippen molar-refractivity contribution in [3.63, 3.8) is 0 Å². The second-order valence-corrected chi connectivity index (χ2v) is 4.77. The fourth-order valence-electron chi connectivity index (χ4n) is 2.11. The molecule has 0 aliphatic heterocycles. The lowest BCUT2D eigenvalue weighted by molar-refractivity contribution is -0.142. The molecule has 1 aliphatic rings. The molecule has 0 heterocycles. The summed E-state index contributed by atoms with van der Waals surface area (Å²) in [5.41, 5.74) is 1.04. The van der Waals surface area contributed by atoms with E-state index in [9.17, 15) is 9.90 Å². The Labute approximate surface area is 101 Å². The van der Waals surface area contributed by atoms with Gasteiger partial charge in [0.1, 0.15) is 5.75 Å². The number of rotatable bonds is 6. The molecule has 1 fully saturated rings. The quantitative estimate of drug-likeness (QED) is 0.823. The number of carboxylic acids is 1. The molecule has 3 nitrogen and oxygen atoms in total. The summed E-state index contributed by atoms with van der Waals surface area (Å²) < 4.78 is 5.14. The van der Waals surface area contributed by atoms with Crippen molar-refractivity contribution in [3.05, 3.63) is 29.8 Å². The van der Waals surface area contributed by atoms with Crippen LogP contribution in [0.15, 0.2) is 24.3 Å². The Kier molecular flexibility index (Phi) is 3.67. The van der Waals surface area contributed by atoms with Crippen LogP contribution in [0.3, 0.4) is 0 Å². The molecule has 0 amide bonds. The second-order valence-electron chi connectivity index (χ2n) is 4.77. The summed E-state index contributed by atoms with van der Waals surface area (Å²) in [6.07, 6.45) is 3.80. The number of benzene rings is 1. The van der Waals surface area contributed by atoms with Gasteiger partial charge in [0.2, 0.25) is 0 Å². The van der Waals surface area contributed by atoms with Crippen LogP contribution in [-0.2, 0) is 11.2 Å². The van der Waals surface area contributed by atoms with Crippen LogP contribution in [0.4, 0.5) is 0 Å². The predicted molar refractivity (Wildman–Crippen MR) is 65.2 cm³/mol. The van der Waals surface area contributed by atoms with Crippen LogP contribution in [0.25, 0.3) is 0 Å². The van der Waals surface area contributed by atoms with Gasteiger partial charge in [0.25, 0.3) is 0 Å². The van der Waals surface area contributed by atoms with E-state index in [0.29, 0.717) is 12.3 Å². The molecule has 1 saturated carbocycles. The first-order chi connectivity index (χ1) is 8.19. The van der Waals surface area contributed by atoms with Gasteiger partial charge in [0.15, 0.2) is 0 Å². The molecule has 2 rings (SSSR count). The fraction of sp³-hybridized carbons (Fsp3) is 0.500. The van der Waals surface area contributed by atoms with Crippen molar-refractivity contribution < 1.29 is 14.6 Å². The van der Waals surface area contributed by atoms with Crippen LogP contribution in [0.5, 0.6) is 5.75 Å². The van der Waals surface area contributed by atoms with Gasteiger partial charge in [-0.25, -0.2) is 0 Å². The lowest BCUT2D eigenvalue weighted by Gasteiger charge is -2.12. The van der Waals surface area contributed by atoms with Crippen molar-refractivity contribution in [1.82, 2.24) is 0 Å². The Morgan fingerprint density at radius 1 is 1.53 bits per heavy atom. The zero-order chi connectivity index (χ0) is 12.3. The van der Waals surface area contributed by atoms with Gasteiger partial charge in [-0.05, 0) is 36.5 Å². The van der Waals surface area contributed by atoms with Crippen molar-refractivity contribution in [3.8, 4) is 5.75 Å². The number of carboxylic acid groups (broad SMARTS) is 1. The molecule has 0 spiro atoms. The standard InChI is InChI=1S/C14H18O3/c1-17-13-4-2-3-11(9-13)8-12(14(15)16)7-10-5-6-10/h2-4,9-10,12H,5-8H2,1H3,(H,15,16). The third-order valence-corrected chi connectivity index (χ3v) is 3.28. The molecular formula is C14H18O3. The average molecular weight is 234 g/mol. The molecule has 0 bridgehead atoms. The Balaban J connectivity index is 2.02. The van der Waals surface area contributed by atoms with E-state index in [0.717, 1.165) is 17.7 Å². The van der Waals surface area contributed by atoms with Gasteiger partial charge in [-0.15, -0.1) is 0 Å². The van der Waals surface area contributed by atoms with Gasteiger partial charge in [-0.2, -0.15) is 0 Å². The van der Waals surface area contributed by atoms with E-state index >= 15 is 0 Å². The highest BCUT2D eigenvalue weighted by atomic mass is 16.5. The number of carbonyl (C=O) groups is 1. The number of methoxy groups -OCH3 is 1. The third-order valence-electron chi connectivity index (χ3n) is 3.28. The molecule has 0 aromatic heterocycles. The third kappa shape index (κ3) is 3.48. The largest absolute Gasteiger partial charge is 0.497 e. The molecule has 1 aliphatic carbocycles. The van der Waals surface area contributed by atoms with Crippen molar-refractivity contribution >= 4 is 5.97 Å². The highest BCUT2D eigenvalue weighted by Gasteiger charge is 2.29. The van der Waals surface area contributed by atoms with Crippen LogP contribution in [0, 0.1) is 11.8 Å². The van der Waals surface area contributed by atoms with Gasteiger partial charge in [0.05, 0.1) is 13.0 Å². The molecule has 3 heteroatoms. The maximum Gasteiger partial charge on any atom is 0.306 e. The van der Waals surface area contributed by atoms with E-state index in [1.807, 2.05) is 24.3 Å². The van der Waals surface area contributed by atoms with Crippen LogP contribution in [0.2, 0.25) is 0 Å². The molecule has 1 N–H and O–H groups in total. The first-order valence-electron chi connectivity index (χ1n) is 6.04.